The van der Waals surface area contributed by atoms with Crippen LogP contribution in [0, 0.1) is 0 Å². The van der Waals surface area contributed by atoms with Gasteiger partial charge in [0.2, 0.25) is 5.88 Å². The second-order valence-corrected chi connectivity index (χ2v) is 3.49. The number of pyridine rings is 1. The van der Waals surface area contributed by atoms with Crippen molar-refractivity contribution >= 4 is 15.9 Å². The molecule has 1 aromatic rings. The lowest BCUT2D eigenvalue weighted by Crippen LogP contribution is -2.19. The Morgan fingerprint density at radius 1 is 1.41 bits per heavy atom. The third-order valence-electron chi connectivity index (χ3n) is 1.93. The van der Waals surface area contributed by atoms with E-state index in [0.29, 0.717) is 0 Å². The molecule has 0 radical (unpaired) electrons. The number of methoxy groups -OCH3 is 1. The van der Waals surface area contributed by atoms with E-state index in [1.54, 1.807) is 0 Å². The number of alkyl halides is 4. The zero-order valence-corrected chi connectivity index (χ0v) is 10.3. The second kappa shape index (κ2) is 5.54. The first-order chi connectivity index (χ1) is 7.92. The summed E-state index contributed by atoms with van der Waals surface area (Å²) in [7, 11) is 1.31. The predicted octanol–water partition coefficient (Wildman–Crippen LogP) is 2.38. The minimum absolute atomic E-state index is 0.0662. The van der Waals surface area contributed by atoms with Gasteiger partial charge in [0.1, 0.15) is 0 Å². The molecule has 8 heteroatoms. The lowest BCUT2D eigenvalue weighted by atomic mass is 10.1. The molecule has 96 valence electrons. The van der Waals surface area contributed by atoms with Gasteiger partial charge in [0.15, 0.2) is 5.75 Å². The van der Waals surface area contributed by atoms with E-state index in [0.717, 1.165) is 6.20 Å². The Bertz CT molecular complexity index is 398. The number of hydrogen-bond donors (Lipinski definition) is 1. The van der Waals surface area contributed by atoms with Gasteiger partial charge in [-0.05, 0) is 0 Å². The minimum atomic E-state index is -4.81. The van der Waals surface area contributed by atoms with Gasteiger partial charge in [-0.1, -0.05) is 15.9 Å². The van der Waals surface area contributed by atoms with Crippen molar-refractivity contribution in [3.05, 3.63) is 17.3 Å². The molecule has 0 spiro atoms. The molecule has 1 rings (SSSR count). The highest BCUT2D eigenvalue weighted by Gasteiger charge is 2.33. The second-order valence-electron chi connectivity index (χ2n) is 2.93. The summed E-state index contributed by atoms with van der Waals surface area (Å²) in [5.74, 6) is -0.393. The number of aliphatic hydroxyl groups excluding tert-OH is 1. The summed E-state index contributed by atoms with van der Waals surface area (Å²) < 4.78 is 45.0. The molecule has 0 aliphatic rings. The first kappa shape index (κ1) is 14.0. The summed E-state index contributed by atoms with van der Waals surface area (Å²) in [5, 5.41) is 9.18. The molecule has 1 aromatic heterocycles. The van der Waals surface area contributed by atoms with Crippen molar-refractivity contribution in [1.29, 1.82) is 0 Å². The summed E-state index contributed by atoms with van der Waals surface area (Å²) in [4.78, 5) is 3.63. The predicted molar refractivity (Wildman–Crippen MR) is 56.0 cm³/mol. The Kier molecular flexibility index (Phi) is 4.58. The van der Waals surface area contributed by atoms with Crippen molar-refractivity contribution in [2.24, 2.45) is 0 Å². The van der Waals surface area contributed by atoms with Gasteiger partial charge in [-0.2, -0.15) is 0 Å². The molecule has 0 bridgehead atoms. The molecule has 0 amide bonds. The molecule has 1 heterocycles. The molecule has 0 aliphatic carbocycles. The van der Waals surface area contributed by atoms with E-state index in [1.807, 2.05) is 0 Å². The maximum absolute atomic E-state index is 12.1. The van der Waals surface area contributed by atoms with E-state index in [-0.39, 0.29) is 22.3 Å². The van der Waals surface area contributed by atoms with Crippen molar-refractivity contribution in [1.82, 2.24) is 4.98 Å². The lowest BCUT2D eigenvalue weighted by Gasteiger charge is -2.15. The number of aliphatic hydroxyl groups is 1. The first-order valence-corrected chi connectivity index (χ1v) is 5.52. The first-order valence-electron chi connectivity index (χ1n) is 4.40. The number of hydrogen-bond acceptors (Lipinski definition) is 4. The summed E-state index contributed by atoms with van der Waals surface area (Å²) in [6.07, 6.45) is -3.90. The molecule has 0 saturated heterocycles. The van der Waals surface area contributed by atoms with Gasteiger partial charge in [-0.3, -0.25) is 0 Å². The van der Waals surface area contributed by atoms with Crippen LogP contribution in [0.4, 0.5) is 13.2 Å². The highest BCUT2D eigenvalue weighted by atomic mass is 79.9. The number of ether oxygens (including phenoxy) is 2. The molecule has 4 nitrogen and oxygen atoms in total. The Hall–Kier alpha value is -1.02. The van der Waals surface area contributed by atoms with Crippen molar-refractivity contribution in [2.45, 2.75) is 18.3 Å². The summed E-state index contributed by atoms with van der Waals surface area (Å²) in [6.45, 7) is -0.494. The van der Waals surface area contributed by atoms with Crippen LogP contribution in [0.25, 0.3) is 0 Å². The van der Waals surface area contributed by atoms with Crippen LogP contribution >= 0.6 is 15.9 Å². The van der Waals surface area contributed by atoms with E-state index in [1.165, 1.54) is 7.11 Å². The molecule has 0 unspecified atom stereocenters. The molecule has 0 atom stereocenters. The van der Waals surface area contributed by atoms with Crippen LogP contribution < -0.4 is 9.47 Å². The van der Waals surface area contributed by atoms with Gasteiger partial charge in [-0.15, -0.1) is 13.2 Å². The normalized spacial score (nSPS) is 11.4. The Labute approximate surface area is 103 Å². The third kappa shape index (κ3) is 3.47. The number of rotatable bonds is 4. The van der Waals surface area contributed by atoms with Gasteiger partial charge >= 0.3 is 6.36 Å². The fraction of sp³-hybridized carbons (Fsp3) is 0.444. The van der Waals surface area contributed by atoms with Gasteiger partial charge in [0.25, 0.3) is 0 Å². The van der Waals surface area contributed by atoms with E-state index >= 15 is 0 Å². The molecule has 0 aromatic carbocycles. The zero-order chi connectivity index (χ0) is 13.1. The SMILES string of the molecule is COc1ncc(OC(F)(F)F)c(CBr)c1CO. The average molecular weight is 316 g/mol. The molecular formula is C9H9BrF3NO3. The smallest absolute Gasteiger partial charge is 0.481 e. The van der Waals surface area contributed by atoms with Crippen molar-refractivity contribution in [3.63, 3.8) is 0 Å². The molecule has 1 N–H and O–H groups in total. The lowest BCUT2D eigenvalue weighted by molar-refractivity contribution is -0.275. The third-order valence-corrected chi connectivity index (χ3v) is 2.49. The van der Waals surface area contributed by atoms with E-state index in [9.17, 15) is 13.2 Å². The number of halogens is 4. The highest BCUT2D eigenvalue weighted by molar-refractivity contribution is 9.08. The van der Waals surface area contributed by atoms with Gasteiger partial charge in [0, 0.05) is 16.5 Å². The van der Waals surface area contributed by atoms with E-state index in [4.69, 9.17) is 9.84 Å². The minimum Gasteiger partial charge on any atom is -0.481 e. The average Bonchev–Trinajstić information content (AvgIpc) is 2.26. The number of nitrogens with zero attached hydrogens (tertiary/aromatic N) is 1. The van der Waals surface area contributed by atoms with Crippen LogP contribution in [0.15, 0.2) is 6.20 Å². The summed E-state index contributed by atoms with van der Waals surface area (Å²) in [6, 6.07) is 0. The number of aromatic nitrogens is 1. The monoisotopic (exact) mass is 315 g/mol. The van der Waals surface area contributed by atoms with Gasteiger partial charge in [-0.25, -0.2) is 4.98 Å². The zero-order valence-electron chi connectivity index (χ0n) is 8.71. The maximum atomic E-state index is 12.1. The Balaban J connectivity index is 3.23. The van der Waals surface area contributed by atoms with E-state index < -0.39 is 18.7 Å². The van der Waals surface area contributed by atoms with Gasteiger partial charge in [0.05, 0.1) is 19.9 Å². The molecule has 0 saturated carbocycles. The fourth-order valence-electron chi connectivity index (χ4n) is 1.25. The van der Waals surface area contributed by atoms with Crippen LogP contribution in [0.1, 0.15) is 11.1 Å². The Morgan fingerprint density at radius 2 is 2.06 bits per heavy atom. The quantitative estimate of drug-likeness (QED) is 0.867. The van der Waals surface area contributed by atoms with Gasteiger partial charge < -0.3 is 14.6 Å². The maximum Gasteiger partial charge on any atom is 0.573 e. The van der Waals surface area contributed by atoms with Crippen molar-refractivity contribution in [3.8, 4) is 11.6 Å². The van der Waals surface area contributed by atoms with Crippen LogP contribution in [0.3, 0.4) is 0 Å². The molecular weight excluding hydrogens is 307 g/mol. The fourth-order valence-corrected chi connectivity index (χ4v) is 1.86. The van der Waals surface area contributed by atoms with E-state index in [2.05, 4.69) is 25.7 Å². The summed E-state index contributed by atoms with van der Waals surface area (Å²) in [5.41, 5.74) is 0.308. The van der Waals surface area contributed by atoms with Crippen molar-refractivity contribution < 1.29 is 27.8 Å². The highest BCUT2D eigenvalue weighted by Crippen LogP contribution is 2.33. The molecule has 17 heavy (non-hydrogen) atoms. The van der Waals surface area contributed by atoms with Crippen molar-refractivity contribution in [2.75, 3.05) is 7.11 Å². The van der Waals surface area contributed by atoms with Crippen LogP contribution in [0.5, 0.6) is 11.6 Å². The topological polar surface area (TPSA) is 51.6 Å². The molecule has 0 fully saturated rings. The van der Waals surface area contributed by atoms with Crippen LogP contribution in [-0.2, 0) is 11.9 Å². The largest absolute Gasteiger partial charge is 0.573 e. The van der Waals surface area contributed by atoms with Crippen LogP contribution in [0.2, 0.25) is 0 Å². The Morgan fingerprint density at radius 3 is 2.47 bits per heavy atom. The van der Waals surface area contributed by atoms with Crippen LogP contribution in [-0.4, -0.2) is 23.6 Å². The molecule has 0 aliphatic heterocycles. The standard InChI is InChI=1S/C9H9BrF3NO3/c1-16-8-6(4-15)5(2-10)7(3-14-8)17-9(11,12)13/h3,15H,2,4H2,1H3. The summed E-state index contributed by atoms with van der Waals surface area (Å²) >= 11 is 3.03.